The molecule has 1 aromatic heterocycles. The fraction of sp³-hybridized carbons (Fsp3) is 0.500. The summed E-state index contributed by atoms with van der Waals surface area (Å²) in [5, 5.41) is 0.984. The first kappa shape index (κ1) is 18.2. The van der Waals surface area contributed by atoms with Gasteiger partial charge in [-0.15, -0.1) is 0 Å². The van der Waals surface area contributed by atoms with Crippen LogP contribution in [0.25, 0.3) is 10.9 Å². The molecule has 0 bridgehead atoms. The van der Waals surface area contributed by atoms with Gasteiger partial charge in [-0.05, 0) is 38.2 Å². The summed E-state index contributed by atoms with van der Waals surface area (Å²) in [5.74, 6) is 0.514. The van der Waals surface area contributed by atoms with E-state index in [0.717, 1.165) is 28.6 Å². The zero-order valence-corrected chi connectivity index (χ0v) is 14.9. The number of H-pyrrole nitrogens is 1. The second-order valence-corrected chi connectivity index (χ2v) is 6.54. The Morgan fingerprint density at radius 1 is 1.17 bits per heavy atom. The van der Waals surface area contributed by atoms with E-state index >= 15 is 0 Å². The average Bonchev–Trinajstić information content (AvgIpc) is 2.91. The molecule has 4 nitrogen and oxygen atoms in total. The summed E-state index contributed by atoms with van der Waals surface area (Å²) >= 11 is 0. The molecular weight excluding hydrogens is 302 g/mol. The lowest BCUT2D eigenvalue weighted by molar-refractivity contribution is -0.143. The number of aryl methyl sites for hydroxylation is 1. The number of nitrogens with one attached hydrogen (secondary N) is 1. The molecule has 1 N–H and O–H groups in total. The van der Waals surface area contributed by atoms with Crippen LogP contribution in [0.2, 0.25) is 0 Å². The van der Waals surface area contributed by atoms with E-state index < -0.39 is 0 Å². The Hall–Kier alpha value is -2.10. The SMILES string of the molecule is CCOC(=O)CCCc1[nH]c2ccccc2c1C(=O)CCC(C)C. The standard InChI is InChI=1S/C20H27NO3/c1-4-24-19(23)11-7-10-17-20(18(22)13-12-14(2)3)15-8-5-6-9-16(15)21-17/h5-6,8-9,14,21H,4,7,10-13H2,1-3H3. The van der Waals surface area contributed by atoms with Gasteiger partial charge in [-0.25, -0.2) is 0 Å². The van der Waals surface area contributed by atoms with Gasteiger partial charge in [0, 0.05) is 35.0 Å². The van der Waals surface area contributed by atoms with E-state index in [0.29, 0.717) is 38.2 Å². The first-order valence-electron chi connectivity index (χ1n) is 8.81. The second kappa shape index (κ2) is 8.67. The Morgan fingerprint density at radius 3 is 2.62 bits per heavy atom. The van der Waals surface area contributed by atoms with Gasteiger partial charge >= 0.3 is 5.97 Å². The summed E-state index contributed by atoms with van der Waals surface area (Å²) in [6, 6.07) is 7.90. The summed E-state index contributed by atoms with van der Waals surface area (Å²) < 4.78 is 4.97. The highest BCUT2D eigenvalue weighted by molar-refractivity contribution is 6.09. The smallest absolute Gasteiger partial charge is 0.305 e. The molecule has 2 rings (SSSR count). The Balaban J connectivity index is 2.17. The van der Waals surface area contributed by atoms with Gasteiger partial charge in [-0.1, -0.05) is 32.0 Å². The number of rotatable bonds is 9. The molecule has 0 aliphatic carbocycles. The van der Waals surface area contributed by atoms with Crippen LogP contribution in [0.4, 0.5) is 0 Å². The van der Waals surface area contributed by atoms with Crippen LogP contribution in [0.1, 0.15) is 62.5 Å². The van der Waals surface area contributed by atoms with Crippen LogP contribution in [-0.2, 0) is 16.0 Å². The van der Waals surface area contributed by atoms with Gasteiger partial charge in [0.2, 0.25) is 0 Å². The average molecular weight is 329 g/mol. The fourth-order valence-corrected chi connectivity index (χ4v) is 2.89. The van der Waals surface area contributed by atoms with Crippen molar-refractivity contribution in [3.63, 3.8) is 0 Å². The maximum Gasteiger partial charge on any atom is 0.305 e. The Labute approximate surface area is 143 Å². The molecule has 0 unspecified atom stereocenters. The lowest BCUT2D eigenvalue weighted by Crippen LogP contribution is -2.07. The third-order valence-electron chi connectivity index (χ3n) is 4.12. The topological polar surface area (TPSA) is 59.2 Å². The molecule has 0 amide bonds. The normalized spacial score (nSPS) is 11.2. The van der Waals surface area contributed by atoms with Crippen LogP contribution in [-0.4, -0.2) is 23.3 Å². The molecule has 0 radical (unpaired) electrons. The minimum Gasteiger partial charge on any atom is -0.466 e. The molecule has 0 atom stereocenters. The van der Waals surface area contributed by atoms with Crippen LogP contribution in [0.15, 0.2) is 24.3 Å². The lowest BCUT2D eigenvalue weighted by Gasteiger charge is -2.06. The van der Waals surface area contributed by atoms with Crippen molar-refractivity contribution in [3.8, 4) is 0 Å². The molecule has 1 heterocycles. The summed E-state index contributed by atoms with van der Waals surface area (Å²) in [6.45, 7) is 6.47. The second-order valence-electron chi connectivity index (χ2n) is 6.54. The monoisotopic (exact) mass is 329 g/mol. The molecule has 0 spiro atoms. The number of carbonyl (C=O) groups excluding carboxylic acids is 2. The third-order valence-corrected chi connectivity index (χ3v) is 4.12. The van der Waals surface area contributed by atoms with Gasteiger partial charge in [0.25, 0.3) is 0 Å². The summed E-state index contributed by atoms with van der Waals surface area (Å²) in [7, 11) is 0. The highest BCUT2D eigenvalue weighted by Crippen LogP contribution is 2.26. The van der Waals surface area contributed by atoms with E-state index in [1.165, 1.54) is 0 Å². The van der Waals surface area contributed by atoms with Crippen molar-refractivity contribution in [2.75, 3.05) is 6.61 Å². The molecule has 1 aromatic carbocycles. The summed E-state index contributed by atoms with van der Waals surface area (Å²) in [4.78, 5) is 27.6. The molecule has 0 saturated heterocycles. The molecular formula is C20H27NO3. The summed E-state index contributed by atoms with van der Waals surface area (Å²) in [5.41, 5.74) is 2.72. The first-order chi connectivity index (χ1) is 11.5. The van der Waals surface area contributed by atoms with Gasteiger partial charge in [0.15, 0.2) is 5.78 Å². The number of ether oxygens (including phenoxy) is 1. The van der Waals surface area contributed by atoms with Crippen molar-refractivity contribution >= 4 is 22.7 Å². The lowest BCUT2D eigenvalue weighted by atomic mass is 9.97. The molecule has 24 heavy (non-hydrogen) atoms. The Kier molecular flexibility index (Phi) is 6.59. The van der Waals surface area contributed by atoms with Gasteiger partial charge in [-0.2, -0.15) is 0 Å². The summed E-state index contributed by atoms with van der Waals surface area (Å²) in [6.07, 6.45) is 3.18. The number of benzene rings is 1. The Morgan fingerprint density at radius 2 is 1.92 bits per heavy atom. The van der Waals surface area contributed by atoms with Gasteiger partial charge in [0.1, 0.15) is 0 Å². The molecule has 0 aliphatic rings. The minimum absolute atomic E-state index is 0.179. The van der Waals surface area contributed by atoms with Crippen molar-refractivity contribution in [1.29, 1.82) is 0 Å². The minimum atomic E-state index is -0.179. The number of ketones is 1. The predicted molar refractivity (Wildman–Crippen MR) is 96.3 cm³/mol. The number of aromatic nitrogens is 1. The van der Waals surface area contributed by atoms with E-state index in [9.17, 15) is 9.59 Å². The maximum absolute atomic E-state index is 12.7. The van der Waals surface area contributed by atoms with Crippen molar-refractivity contribution < 1.29 is 14.3 Å². The van der Waals surface area contributed by atoms with Gasteiger partial charge in [-0.3, -0.25) is 9.59 Å². The maximum atomic E-state index is 12.7. The zero-order chi connectivity index (χ0) is 17.5. The van der Waals surface area contributed by atoms with Crippen molar-refractivity contribution in [3.05, 3.63) is 35.5 Å². The largest absolute Gasteiger partial charge is 0.466 e. The van der Waals surface area contributed by atoms with Crippen molar-refractivity contribution in [2.24, 2.45) is 5.92 Å². The van der Waals surface area contributed by atoms with Crippen LogP contribution in [0, 0.1) is 5.92 Å². The van der Waals surface area contributed by atoms with Crippen LogP contribution < -0.4 is 0 Å². The van der Waals surface area contributed by atoms with Crippen LogP contribution in [0.5, 0.6) is 0 Å². The first-order valence-corrected chi connectivity index (χ1v) is 8.81. The number of aromatic amines is 1. The number of esters is 1. The number of hydrogen-bond acceptors (Lipinski definition) is 3. The molecule has 0 saturated carbocycles. The Bertz CT molecular complexity index is 700. The quantitative estimate of drug-likeness (QED) is 0.537. The number of para-hydroxylation sites is 1. The van der Waals surface area contributed by atoms with Crippen LogP contribution in [0.3, 0.4) is 0 Å². The molecule has 130 valence electrons. The van der Waals surface area contributed by atoms with Gasteiger partial charge < -0.3 is 9.72 Å². The molecule has 4 heteroatoms. The van der Waals surface area contributed by atoms with E-state index in [1.54, 1.807) is 6.92 Å². The van der Waals surface area contributed by atoms with E-state index in [4.69, 9.17) is 4.74 Å². The molecule has 0 fully saturated rings. The molecule has 2 aromatic rings. The number of Topliss-reactive ketones (excluding diaryl/α,β-unsaturated/α-hetero) is 1. The number of fused-ring (bicyclic) bond motifs is 1. The third kappa shape index (κ3) is 4.70. The van der Waals surface area contributed by atoms with Crippen LogP contribution >= 0.6 is 0 Å². The number of carbonyl (C=O) groups is 2. The predicted octanol–water partition coefficient (Wildman–Crippen LogP) is 4.67. The van der Waals surface area contributed by atoms with E-state index in [-0.39, 0.29) is 11.8 Å². The number of hydrogen-bond donors (Lipinski definition) is 1. The van der Waals surface area contributed by atoms with E-state index in [2.05, 4.69) is 18.8 Å². The highest BCUT2D eigenvalue weighted by atomic mass is 16.5. The zero-order valence-electron chi connectivity index (χ0n) is 14.9. The van der Waals surface area contributed by atoms with E-state index in [1.807, 2.05) is 24.3 Å². The highest BCUT2D eigenvalue weighted by Gasteiger charge is 2.18. The van der Waals surface area contributed by atoms with Crippen molar-refractivity contribution in [1.82, 2.24) is 4.98 Å². The van der Waals surface area contributed by atoms with Crippen molar-refractivity contribution in [2.45, 2.75) is 52.9 Å². The fourth-order valence-electron chi connectivity index (χ4n) is 2.89. The van der Waals surface area contributed by atoms with Gasteiger partial charge in [0.05, 0.1) is 6.61 Å². The molecule has 0 aliphatic heterocycles.